The molecule has 1 aliphatic rings. The van der Waals surface area contributed by atoms with Gasteiger partial charge < -0.3 is 9.30 Å². The van der Waals surface area contributed by atoms with Crippen LogP contribution in [0, 0.1) is 6.92 Å². The number of ether oxygens (including phenoxy) is 1. The molecule has 2 aromatic rings. The first-order valence-corrected chi connectivity index (χ1v) is 7.78. The van der Waals surface area contributed by atoms with Gasteiger partial charge in [-0.1, -0.05) is 0 Å². The molecule has 0 aromatic carbocycles. The van der Waals surface area contributed by atoms with Gasteiger partial charge >= 0.3 is 0 Å². The van der Waals surface area contributed by atoms with Crippen LogP contribution in [0.4, 0.5) is 0 Å². The molecular weight excluding hydrogens is 274 g/mol. The summed E-state index contributed by atoms with van der Waals surface area (Å²) in [5.41, 5.74) is 3.17. The SMILES string of the molecule is CCOC1CC(n2c(CCCl)nc3c(C)ccnc32)C1. The Labute approximate surface area is 124 Å². The van der Waals surface area contributed by atoms with Crippen molar-refractivity contribution in [2.24, 2.45) is 0 Å². The van der Waals surface area contributed by atoms with Gasteiger partial charge in [0.2, 0.25) is 0 Å². The van der Waals surface area contributed by atoms with E-state index in [9.17, 15) is 0 Å². The molecule has 0 aliphatic heterocycles. The number of aryl methyl sites for hydroxylation is 2. The number of pyridine rings is 1. The van der Waals surface area contributed by atoms with Crippen LogP contribution in [-0.4, -0.2) is 33.1 Å². The van der Waals surface area contributed by atoms with Gasteiger partial charge in [-0.15, -0.1) is 11.6 Å². The van der Waals surface area contributed by atoms with Crippen molar-refractivity contribution in [3.8, 4) is 0 Å². The molecule has 1 saturated carbocycles. The minimum absolute atomic E-state index is 0.385. The lowest BCUT2D eigenvalue weighted by atomic mass is 9.88. The second-order valence-corrected chi connectivity index (χ2v) is 5.72. The molecule has 0 radical (unpaired) electrons. The standard InChI is InChI=1S/C15H20ClN3O/c1-3-20-12-8-11(9-12)19-13(4-6-16)18-14-10(2)5-7-17-15(14)19/h5,7,11-12H,3-4,6,8-9H2,1-2H3. The van der Waals surface area contributed by atoms with Crippen molar-refractivity contribution < 1.29 is 4.74 Å². The lowest BCUT2D eigenvalue weighted by molar-refractivity contribution is -0.0194. The van der Waals surface area contributed by atoms with E-state index in [0.29, 0.717) is 18.0 Å². The first kappa shape index (κ1) is 13.8. The Morgan fingerprint density at radius 3 is 2.95 bits per heavy atom. The van der Waals surface area contributed by atoms with Crippen molar-refractivity contribution in [1.82, 2.24) is 14.5 Å². The molecule has 2 aromatic heterocycles. The van der Waals surface area contributed by atoms with E-state index in [4.69, 9.17) is 21.3 Å². The first-order chi connectivity index (χ1) is 9.74. The predicted octanol–water partition coefficient (Wildman–Crippen LogP) is 3.26. The lowest BCUT2D eigenvalue weighted by Crippen LogP contribution is -2.34. The normalized spacial score (nSPS) is 22.1. The Morgan fingerprint density at radius 1 is 1.45 bits per heavy atom. The summed E-state index contributed by atoms with van der Waals surface area (Å²) >= 11 is 5.92. The van der Waals surface area contributed by atoms with E-state index in [1.165, 1.54) is 5.56 Å². The molecule has 0 amide bonds. The van der Waals surface area contributed by atoms with Crippen LogP contribution in [0.5, 0.6) is 0 Å². The molecule has 0 bridgehead atoms. The maximum Gasteiger partial charge on any atom is 0.160 e. The molecule has 1 aliphatic carbocycles. The summed E-state index contributed by atoms with van der Waals surface area (Å²) in [6, 6.07) is 2.46. The molecule has 0 atom stereocenters. The Morgan fingerprint density at radius 2 is 2.25 bits per heavy atom. The Hall–Kier alpha value is -1.13. The summed E-state index contributed by atoms with van der Waals surface area (Å²) in [7, 11) is 0. The zero-order valence-electron chi connectivity index (χ0n) is 12.0. The molecule has 4 nitrogen and oxygen atoms in total. The van der Waals surface area contributed by atoms with Gasteiger partial charge in [-0.05, 0) is 38.3 Å². The van der Waals surface area contributed by atoms with E-state index in [1.54, 1.807) is 0 Å². The van der Waals surface area contributed by atoms with Crippen LogP contribution in [-0.2, 0) is 11.2 Å². The lowest BCUT2D eigenvalue weighted by Gasteiger charge is -2.36. The van der Waals surface area contributed by atoms with Crippen molar-refractivity contribution in [1.29, 1.82) is 0 Å². The van der Waals surface area contributed by atoms with Crippen molar-refractivity contribution in [3.05, 3.63) is 23.7 Å². The van der Waals surface area contributed by atoms with Crippen LogP contribution >= 0.6 is 11.6 Å². The van der Waals surface area contributed by atoms with Crippen LogP contribution < -0.4 is 0 Å². The molecule has 20 heavy (non-hydrogen) atoms. The fraction of sp³-hybridized carbons (Fsp3) is 0.600. The fourth-order valence-corrected chi connectivity index (χ4v) is 3.09. The molecule has 3 rings (SSSR count). The van der Waals surface area contributed by atoms with Gasteiger partial charge in [0.05, 0.1) is 6.10 Å². The Bertz CT molecular complexity index is 604. The average Bonchev–Trinajstić information content (AvgIpc) is 2.74. The summed E-state index contributed by atoms with van der Waals surface area (Å²) in [5, 5.41) is 0. The highest BCUT2D eigenvalue weighted by Gasteiger charge is 2.33. The minimum atomic E-state index is 0.385. The number of nitrogens with zero attached hydrogens (tertiary/aromatic N) is 3. The van der Waals surface area contributed by atoms with Crippen molar-refractivity contribution in [3.63, 3.8) is 0 Å². The number of alkyl halides is 1. The van der Waals surface area contributed by atoms with Gasteiger partial charge in [0.15, 0.2) is 5.65 Å². The van der Waals surface area contributed by atoms with Gasteiger partial charge in [0.25, 0.3) is 0 Å². The highest BCUT2D eigenvalue weighted by molar-refractivity contribution is 6.17. The van der Waals surface area contributed by atoms with Crippen molar-refractivity contribution >= 4 is 22.8 Å². The van der Waals surface area contributed by atoms with Gasteiger partial charge in [0.1, 0.15) is 11.3 Å². The summed E-state index contributed by atoms with van der Waals surface area (Å²) in [4.78, 5) is 9.29. The average molecular weight is 294 g/mol. The van der Waals surface area contributed by atoms with Crippen molar-refractivity contribution in [2.45, 2.75) is 45.3 Å². The van der Waals surface area contributed by atoms with E-state index in [1.807, 2.05) is 19.2 Å². The number of hydrogen-bond acceptors (Lipinski definition) is 3. The third-order valence-electron chi connectivity index (χ3n) is 4.01. The highest BCUT2D eigenvalue weighted by atomic mass is 35.5. The van der Waals surface area contributed by atoms with Crippen molar-refractivity contribution in [2.75, 3.05) is 12.5 Å². The number of aromatic nitrogens is 3. The maximum absolute atomic E-state index is 5.92. The van der Waals surface area contributed by atoms with Gasteiger partial charge in [0, 0.05) is 31.1 Å². The quantitative estimate of drug-likeness (QED) is 0.795. The number of halogens is 1. The number of rotatable bonds is 5. The topological polar surface area (TPSA) is 39.9 Å². The van der Waals surface area contributed by atoms with Crippen LogP contribution in [0.2, 0.25) is 0 Å². The number of hydrogen-bond donors (Lipinski definition) is 0. The third kappa shape index (κ3) is 2.31. The van der Waals surface area contributed by atoms with E-state index in [0.717, 1.165) is 42.9 Å². The number of imidazole rings is 1. The van der Waals surface area contributed by atoms with Crippen LogP contribution in [0.15, 0.2) is 12.3 Å². The Kier molecular flexibility index (Phi) is 3.94. The zero-order chi connectivity index (χ0) is 14.1. The van der Waals surface area contributed by atoms with Gasteiger partial charge in [-0.25, -0.2) is 9.97 Å². The predicted molar refractivity (Wildman–Crippen MR) is 80.4 cm³/mol. The molecule has 108 valence electrons. The molecule has 5 heteroatoms. The first-order valence-electron chi connectivity index (χ1n) is 7.24. The second-order valence-electron chi connectivity index (χ2n) is 5.34. The summed E-state index contributed by atoms with van der Waals surface area (Å²) in [6.07, 6.45) is 5.12. The van der Waals surface area contributed by atoms with Crippen LogP contribution in [0.1, 0.15) is 37.2 Å². The zero-order valence-corrected chi connectivity index (χ0v) is 12.7. The maximum atomic E-state index is 5.92. The molecule has 2 heterocycles. The summed E-state index contributed by atoms with van der Waals surface area (Å²) in [6.45, 7) is 4.91. The van der Waals surface area contributed by atoms with Crippen LogP contribution in [0.25, 0.3) is 11.2 Å². The molecular formula is C15H20ClN3O. The molecule has 0 unspecified atom stereocenters. The monoisotopic (exact) mass is 293 g/mol. The Balaban J connectivity index is 1.96. The van der Waals surface area contributed by atoms with E-state index < -0.39 is 0 Å². The van der Waals surface area contributed by atoms with Crippen LogP contribution in [0.3, 0.4) is 0 Å². The smallest absolute Gasteiger partial charge is 0.160 e. The third-order valence-corrected chi connectivity index (χ3v) is 4.20. The van der Waals surface area contributed by atoms with E-state index >= 15 is 0 Å². The molecule has 0 saturated heterocycles. The fourth-order valence-electron chi connectivity index (χ4n) is 2.92. The van der Waals surface area contributed by atoms with Gasteiger partial charge in [-0.3, -0.25) is 0 Å². The molecule has 0 N–H and O–H groups in total. The second kappa shape index (κ2) is 5.70. The summed E-state index contributed by atoms with van der Waals surface area (Å²) < 4.78 is 7.94. The minimum Gasteiger partial charge on any atom is -0.378 e. The molecule has 0 spiro atoms. The molecule has 1 fully saturated rings. The van der Waals surface area contributed by atoms with E-state index in [-0.39, 0.29) is 0 Å². The summed E-state index contributed by atoms with van der Waals surface area (Å²) in [5.74, 6) is 1.64. The largest absolute Gasteiger partial charge is 0.378 e. The highest BCUT2D eigenvalue weighted by Crippen LogP contribution is 2.37. The number of fused-ring (bicyclic) bond motifs is 1. The van der Waals surface area contributed by atoms with Gasteiger partial charge in [-0.2, -0.15) is 0 Å². The van der Waals surface area contributed by atoms with E-state index in [2.05, 4.69) is 16.5 Å².